The van der Waals surface area contributed by atoms with Gasteiger partial charge in [0.15, 0.2) is 0 Å². The lowest BCUT2D eigenvalue weighted by atomic mass is 10.1. The minimum absolute atomic E-state index is 0.0890. The predicted molar refractivity (Wildman–Crippen MR) is 54.6 cm³/mol. The number of hydrogen-bond donors (Lipinski definition) is 1. The van der Waals surface area contributed by atoms with Crippen LogP contribution in [0.5, 0.6) is 0 Å². The first kappa shape index (κ1) is 8.97. The molecule has 0 aliphatic rings. The average Bonchev–Trinajstić information content (AvgIpc) is 2.65. The number of nitrogens with zero attached hydrogens (tertiary/aromatic N) is 2. The van der Waals surface area contributed by atoms with E-state index < -0.39 is 0 Å². The van der Waals surface area contributed by atoms with E-state index in [2.05, 4.69) is 5.10 Å². The molecule has 2 aromatic rings. The third kappa shape index (κ3) is 1.54. The normalized spacial score (nSPS) is 10.4. The van der Waals surface area contributed by atoms with Gasteiger partial charge in [-0.3, -0.25) is 4.68 Å². The van der Waals surface area contributed by atoms with Crippen LogP contribution in [0.25, 0.3) is 11.3 Å². The highest BCUT2D eigenvalue weighted by molar-refractivity contribution is 5.59. The van der Waals surface area contributed by atoms with Gasteiger partial charge >= 0.3 is 0 Å². The molecule has 1 aromatic carbocycles. The Labute approximate surface area is 82.6 Å². The van der Waals surface area contributed by atoms with Gasteiger partial charge in [0.1, 0.15) is 0 Å². The highest BCUT2D eigenvalue weighted by Crippen LogP contribution is 2.18. The summed E-state index contributed by atoms with van der Waals surface area (Å²) in [7, 11) is 1.91. The predicted octanol–water partition coefficient (Wildman–Crippen LogP) is 1.58. The minimum atomic E-state index is 0.0890. The van der Waals surface area contributed by atoms with Crippen molar-refractivity contribution in [2.24, 2.45) is 7.05 Å². The molecule has 0 fully saturated rings. The van der Waals surface area contributed by atoms with Crippen LogP contribution in [-0.2, 0) is 13.7 Å². The zero-order valence-electron chi connectivity index (χ0n) is 8.01. The molecule has 72 valence electrons. The van der Waals surface area contributed by atoms with Gasteiger partial charge in [-0.05, 0) is 17.2 Å². The van der Waals surface area contributed by atoms with Gasteiger partial charge in [0.2, 0.25) is 0 Å². The Hall–Kier alpha value is -1.61. The second-order valence-electron chi connectivity index (χ2n) is 3.20. The Morgan fingerprint density at radius 3 is 2.43 bits per heavy atom. The molecule has 0 saturated heterocycles. The molecule has 0 radical (unpaired) electrons. The number of aromatic nitrogens is 2. The summed E-state index contributed by atoms with van der Waals surface area (Å²) in [5.41, 5.74) is 3.12. The second kappa shape index (κ2) is 3.64. The summed E-state index contributed by atoms with van der Waals surface area (Å²) in [5, 5.41) is 13.0. The second-order valence-corrected chi connectivity index (χ2v) is 3.20. The number of aliphatic hydroxyl groups excluding tert-OH is 1. The maximum absolute atomic E-state index is 8.90. The molecular weight excluding hydrogens is 176 g/mol. The van der Waals surface area contributed by atoms with Crippen molar-refractivity contribution in [1.82, 2.24) is 9.78 Å². The summed E-state index contributed by atoms with van der Waals surface area (Å²) in [4.78, 5) is 0. The van der Waals surface area contributed by atoms with Crippen molar-refractivity contribution in [3.63, 3.8) is 0 Å². The monoisotopic (exact) mass is 188 g/mol. The molecule has 0 unspecified atom stereocenters. The van der Waals surface area contributed by atoms with Gasteiger partial charge in [-0.25, -0.2) is 0 Å². The smallest absolute Gasteiger partial charge is 0.0681 e. The number of aliphatic hydroxyl groups is 1. The van der Waals surface area contributed by atoms with Crippen molar-refractivity contribution in [3.8, 4) is 11.3 Å². The number of benzene rings is 1. The van der Waals surface area contributed by atoms with Gasteiger partial charge in [0, 0.05) is 13.2 Å². The van der Waals surface area contributed by atoms with Crippen molar-refractivity contribution < 1.29 is 5.11 Å². The first-order chi connectivity index (χ1) is 6.81. The van der Waals surface area contributed by atoms with Crippen LogP contribution < -0.4 is 0 Å². The minimum Gasteiger partial charge on any atom is -0.392 e. The van der Waals surface area contributed by atoms with E-state index in [1.54, 1.807) is 6.20 Å². The van der Waals surface area contributed by atoms with Crippen molar-refractivity contribution in [2.45, 2.75) is 6.61 Å². The van der Waals surface area contributed by atoms with E-state index in [4.69, 9.17) is 5.11 Å². The number of aryl methyl sites for hydroxylation is 1. The third-order valence-corrected chi connectivity index (χ3v) is 2.25. The lowest BCUT2D eigenvalue weighted by Gasteiger charge is -2.02. The Bertz CT molecular complexity index is 417. The third-order valence-electron chi connectivity index (χ3n) is 2.25. The first-order valence-corrected chi connectivity index (χ1v) is 4.49. The molecule has 0 bridgehead atoms. The van der Waals surface area contributed by atoms with Crippen LogP contribution in [0.15, 0.2) is 36.5 Å². The molecule has 1 heterocycles. The van der Waals surface area contributed by atoms with Gasteiger partial charge in [-0.15, -0.1) is 0 Å². The molecule has 0 saturated carbocycles. The number of rotatable bonds is 2. The Balaban J connectivity index is 2.39. The molecule has 14 heavy (non-hydrogen) atoms. The Morgan fingerprint density at radius 1 is 1.21 bits per heavy atom. The number of hydrogen-bond acceptors (Lipinski definition) is 2. The fourth-order valence-electron chi connectivity index (χ4n) is 1.44. The summed E-state index contributed by atoms with van der Waals surface area (Å²) in [6.07, 6.45) is 1.77. The maximum Gasteiger partial charge on any atom is 0.0681 e. The molecule has 2 rings (SSSR count). The molecular formula is C11H12N2O. The molecule has 1 aromatic heterocycles. The van der Waals surface area contributed by atoms with Gasteiger partial charge < -0.3 is 5.11 Å². The zero-order chi connectivity index (χ0) is 9.97. The maximum atomic E-state index is 8.90. The van der Waals surface area contributed by atoms with Crippen LogP contribution in [0.4, 0.5) is 0 Å². The largest absolute Gasteiger partial charge is 0.392 e. The highest BCUT2D eigenvalue weighted by atomic mass is 16.3. The first-order valence-electron chi connectivity index (χ1n) is 4.49. The molecule has 0 spiro atoms. The van der Waals surface area contributed by atoms with Crippen molar-refractivity contribution in [3.05, 3.63) is 42.1 Å². The van der Waals surface area contributed by atoms with E-state index in [0.717, 1.165) is 16.8 Å². The van der Waals surface area contributed by atoms with Crippen molar-refractivity contribution in [1.29, 1.82) is 0 Å². The van der Waals surface area contributed by atoms with Crippen LogP contribution >= 0.6 is 0 Å². The van der Waals surface area contributed by atoms with Crippen LogP contribution in [0, 0.1) is 0 Å². The van der Waals surface area contributed by atoms with E-state index in [1.165, 1.54) is 0 Å². The van der Waals surface area contributed by atoms with Crippen LogP contribution in [-0.4, -0.2) is 14.9 Å². The molecule has 0 amide bonds. The standard InChI is InChI=1S/C11H12N2O/c1-13-11(6-7-12-13)10-4-2-9(8-14)3-5-10/h2-7,14H,8H2,1H3. The van der Waals surface area contributed by atoms with Crippen molar-refractivity contribution >= 4 is 0 Å². The molecule has 3 nitrogen and oxygen atoms in total. The summed E-state index contributed by atoms with van der Waals surface area (Å²) in [6, 6.07) is 9.78. The fraction of sp³-hybridized carbons (Fsp3) is 0.182. The summed E-state index contributed by atoms with van der Waals surface area (Å²) in [6.45, 7) is 0.0890. The van der Waals surface area contributed by atoms with Crippen molar-refractivity contribution in [2.75, 3.05) is 0 Å². The SMILES string of the molecule is Cn1nccc1-c1ccc(CO)cc1. The summed E-state index contributed by atoms with van der Waals surface area (Å²) < 4.78 is 1.83. The zero-order valence-corrected chi connectivity index (χ0v) is 8.01. The van der Waals surface area contributed by atoms with E-state index in [9.17, 15) is 0 Å². The van der Waals surface area contributed by atoms with E-state index in [-0.39, 0.29) is 6.61 Å². The Morgan fingerprint density at radius 2 is 1.93 bits per heavy atom. The molecule has 0 aliphatic heterocycles. The van der Waals surface area contributed by atoms with Gasteiger partial charge in [0.25, 0.3) is 0 Å². The van der Waals surface area contributed by atoms with E-state index in [1.807, 2.05) is 42.1 Å². The molecule has 1 N–H and O–H groups in total. The van der Waals surface area contributed by atoms with Crippen LogP contribution in [0.2, 0.25) is 0 Å². The fourth-order valence-corrected chi connectivity index (χ4v) is 1.44. The van der Waals surface area contributed by atoms with E-state index in [0.29, 0.717) is 0 Å². The lowest BCUT2D eigenvalue weighted by Crippen LogP contribution is -1.93. The quantitative estimate of drug-likeness (QED) is 0.777. The molecule has 0 atom stereocenters. The molecule has 0 aliphatic carbocycles. The summed E-state index contributed by atoms with van der Waals surface area (Å²) in [5.74, 6) is 0. The van der Waals surface area contributed by atoms with Crippen LogP contribution in [0.3, 0.4) is 0 Å². The molecule has 3 heteroatoms. The lowest BCUT2D eigenvalue weighted by molar-refractivity contribution is 0.282. The summed E-state index contributed by atoms with van der Waals surface area (Å²) >= 11 is 0. The van der Waals surface area contributed by atoms with Crippen LogP contribution in [0.1, 0.15) is 5.56 Å². The van der Waals surface area contributed by atoms with Gasteiger partial charge in [0.05, 0.1) is 12.3 Å². The van der Waals surface area contributed by atoms with Gasteiger partial charge in [-0.2, -0.15) is 5.10 Å². The van der Waals surface area contributed by atoms with E-state index >= 15 is 0 Å². The topological polar surface area (TPSA) is 38.0 Å². The van der Waals surface area contributed by atoms with Gasteiger partial charge in [-0.1, -0.05) is 24.3 Å². The average molecular weight is 188 g/mol. The Kier molecular flexibility index (Phi) is 2.33. The highest BCUT2D eigenvalue weighted by Gasteiger charge is 2.01.